The van der Waals surface area contributed by atoms with Gasteiger partial charge >= 0.3 is 0 Å². The molecule has 0 aliphatic carbocycles. The molecule has 0 fully saturated rings. The zero-order valence-electron chi connectivity index (χ0n) is 11.3. The van der Waals surface area contributed by atoms with Gasteiger partial charge in [-0.2, -0.15) is 0 Å². The number of allylic oxidation sites excluding steroid dienone is 2. The van der Waals surface area contributed by atoms with Gasteiger partial charge in [0.05, 0.1) is 18.4 Å². The van der Waals surface area contributed by atoms with E-state index in [1.807, 2.05) is 45.9 Å². The molecule has 92 valence electrons. The number of rotatable bonds is 4. The van der Waals surface area contributed by atoms with Gasteiger partial charge in [-0.05, 0) is 51.0 Å². The van der Waals surface area contributed by atoms with Crippen molar-refractivity contribution in [3.8, 4) is 5.75 Å². The molecule has 1 rings (SSSR count). The van der Waals surface area contributed by atoms with Crippen LogP contribution in [0.4, 0.5) is 0 Å². The summed E-state index contributed by atoms with van der Waals surface area (Å²) >= 11 is 0. The fourth-order valence-electron chi connectivity index (χ4n) is 1.37. The Morgan fingerprint density at radius 3 is 2.35 bits per heavy atom. The average molecular weight is 232 g/mol. The number of benzene rings is 1. The fourth-order valence-corrected chi connectivity index (χ4v) is 1.37. The van der Waals surface area contributed by atoms with Crippen LogP contribution in [0.2, 0.25) is 0 Å². The Labute approximate surface area is 104 Å². The molecule has 0 saturated carbocycles. The summed E-state index contributed by atoms with van der Waals surface area (Å²) in [6.07, 6.45) is 0. The maximum absolute atomic E-state index is 5.69. The van der Waals surface area contributed by atoms with Crippen molar-refractivity contribution >= 4 is 5.76 Å². The lowest BCUT2D eigenvalue weighted by molar-refractivity contribution is 0.370. The normalized spacial score (nSPS) is 9.71. The number of hydrogen-bond acceptors (Lipinski definition) is 2. The van der Waals surface area contributed by atoms with Gasteiger partial charge in [-0.3, -0.25) is 0 Å². The van der Waals surface area contributed by atoms with Gasteiger partial charge in [0.1, 0.15) is 11.5 Å². The SMILES string of the molecule is C=C(OC(C)=C(C)C)c1ccc(C)cc1OC. The van der Waals surface area contributed by atoms with Crippen LogP contribution in [-0.4, -0.2) is 7.11 Å². The monoisotopic (exact) mass is 232 g/mol. The standard InChI is InChI=1S/C15H20O2/c1-10(2)12(4)17-13(5)14-8-7-11(3)9-15(14)16-6/h7-9H,5H2,1-4,6H3. The Hall–Kier alpha value is -1.70. The first-order chi connectivity index (χ1) is 7.95. The van der Waals surface area contributed by atoms with Crippen LogP contribution in [-0.2, 0) is 4.74 Å². The number of aryl methyl sites for hydroxylation is 1. The molecule has 17 heavy (non-hydrogen) atoms. The topological polar surface area (TPSA) is 18.5 Å². The molecule has 0 atom stereocenters. The van der Waals surface area contributed by atoms with Crippen molar-refractivity contribution in [2.75, 3.05) is 7.11 Å². The van der Waals surface area contributed by atoms with Crippen molar-refractivity contribution in [1.82, 2.24) is 0 Å². The lowest BCUT2D eigenvalue weighted by atomic mass is 10.1. The Morgan fingerprint density at radius 2 is 1.82 bits per heavy atom. The lowest BCUT2D eigenvalue weighted by Crippen LogP contribution is -1.95. The van der Waals surface area contributed by atoms with Crippen molar-refractivity contribution in [2.45, 2.75) is 27.7 Å². The van der Waals surface area contributed by atoms with Gasteiger partial charge in [-0.1, -0.05) is 12.6 Å². The zero-order valence-corrected chi connectivity index (χ0v) is 11.3. The van der Waals surface area contributed by atoms with Crippen LogP contribution in [0.15, 0.2) is 36.1 Å². The van der Waals surface area contributed by atoms with Gasteiger partial charge < -0.3 is 9.47 Å². The van der Waals surface area contributed by atoms with Gasteiger partial charge in [-0.25, -0.2) is 0 Å². The molecule has 2 heteroatoms. The highest BCUT2D eigenvalue weighted by Crippen LogP contribution is 2.28. The predicted octanol–water partition coefficient (Wildman–Crippen LogP) is 4.30. The Balaban J connectivity index is 3.01. The second-order valence-corrected chi connectivity index (χ2v) is 4.29. The largest absolute Gasteiger partial charge is 0.496 e. The van der Waals surface area contributed by atoms with E-state index in [1.54, 1.807) is 7.11 Å². The summed E-state index contributed by atoms with van der Waals surface area (Å²) < 4.78 is 11.0. The molecule has 0 amide bonds. The third kappa shape index (κ3) is 3.38. The van der Waals surface area contributed by atoms with E-state index in [-0.39, 0.29) is 0 Å². The maximum atomic E-state index is 5.69. The summed E-state index contributed by atoms with van der Waals surface area (Å²) in [6, 6.07) is 5.96. The molecular formula is C15H20O2. The number of methoxy groups -OCH3 is 1. The summed E-state index contributed by atoms with van der Waals surface area (Å²) in [7, 11) is 1.65. The highest BCUT2D eigenvalue weighted by atomic mass is 16.5. The van der Waals surface area contributed by atoms with Crippen molar-refractivity contribution in [2.24, 2.45) is 0 Å². The van der Waals surface area contributed by atoms with Crippen LogP contribution < -0.4 is 4.74 Å². The second-order valence-electron chi connectivity index (χ2n) is 4.29. The summed E-state index contributed by atoms with van der Waals surface area (Å²) in [5.74, 6) is 2.27. The Kier molecular flexibility index (Phi) is 4.38. The molecular weight excluding hydrogens is 212 g/mol. The minimum absolute atomic E-state index is 0.612. The van der Waals surface area contributed by atoms with E-state index in [0.29, 0.717) is 5.76 Å². The van der Waals surface area contributed by atoms with Crippen molar-refractivity contribution in [1.29, 1.82) is 0 Å². The quantitative estimate of drug-likeness (QED) is 0.720. The maximum Gasteiger partial charge on any atom is 0.130 e. The fraction of sp³-hybridized carbons (Fsp3) is 0.333. The molecule has 0 spiro atoms. The van der Waals surface area contributed by atoms with E-state index < -0.39 is 0 Å². The number of ether oxygens (including phenoxy) is 2. The first-order valence-electron chi connectivity index (χ1n) is 5.61. The first kappa shape index (κ1) is 13.4. The Morgan fingerprint density at radius 1 is 1.18 bits per heavy atom. The van der Waals surface area contributed by atoms with E-state index in [2.05, 4.69) is 6.58 Å². The predicted molar refractivity (Wildman–Crippen MR) is 71.9 cm³/mol. The molecule has 0 aromatic heterocycles. The molecule has 2 nitrogen and oxygen atoms in total. The van der Waals surface area contributed by atoms with Crippen LogP contribution in [0.5, 0.6) is 5.75 Å². The second kappa shape index (κ2) is 5.58. The molecule has 0 aliphatic heterocycles. The van der Waals surface area contributed by atoms with Gasteiger partial charge in [0, 0.05) is 0 Å². The average Bonchev–Trinajstić information content (AvgIpc) is 2.28. The first-order valence-corrected chi connectivity index (χ1v) is 5.61. The van der Waals surface area contributed by atoms with Crippen LogP contribution in [0.1, 0.15) is 31.9 Å². The van der Waals surface area contributed by atoms with E-state index >= 15 is 0 Å². The summed E-state index contributed by atoms with van der Waals surface area (Å²) in [5.41, 5.74) is 3.17. The van der Waals surface area contributed by atoms with Crippen molar-refractivity contribution in [3.05, 3.63) is 47.2 Å². The van der Waals surface area contributed by atoms with Crippen LogP contribution in [0.3, 0.4) is 0 Å². The highest BCUT2D eigenvalue weighted by molar-refractivity contribution is 5.65. The van der Waals surface area contributed by atoms with Crippen LogP contribution in [0, 0.1) is 6.92 Å². The highest BCUT2D eigenvalue weighted by Gasteiger charge is 2.09. The lowest BCUT2D eigenvalue weighted by Gasteiger charge is -2.14. The van der Waals surface area contributed by atoms with E-state index in [1.165, 1.54) is 0 Å². The molecule has 0 unspecified atom stereocenters. The van der Waals surface area contributed by atoms with Crippen LogP contribution >= 0.6 is 0 Å². The molecule has 0 radical (unpaired) electrons. The third-order valence-electron chi connectivity index (χ3n) is 2.64. The molecule has 0 aliphatic rings. The summed E-state index contributed by atoms with van der Waals surface area (Å²) in [6.45, 7) is 11.9. The van der Waals surface area contributed by atoms with E-state index in [9.17, 15) is 0 Å². The molecule has 0 saturated heterocycles. The summed E-state index contributed by atoms with van der Waals surface area (Å²) in [4.78, 5) is 0. The van der Waals surface area contributed by atoms with Gasteiger partial charge in [-0.15, -0.1) is 0 Å². The third-order valence-corrected chi connectivity index (χ3v) is 2.64. The van der Waals surface area contributed by atoms with Crippen molar-refractivity contribution < 1.29 is 9.47 Å². The number of hydrogen-bond donors (Lipinski definition) is 0. The molecule has 0 N–H and O–H groups in total. The minimum atomic E-state index is 0.612. The minimum Gasteiger partial charge on any atom is -0.496 e. The van der Waals surface area contributed by atoms with Gasteiger partial charge in [0.15, 0.2) is 0 Å². The molecule has 1 aromatic carbocycles. The van der Waals surface area contributed by atoms with E-state index in [0.717, 1.165) is 28.2 Å². The molecule has 0 heterocycles. The smallest absolute Gasteiger partial charge is 0.130 e. The Bertz CT molecular complexity index is 452. The van der Waals surface area contributed by atoms with Gasteiger partial charge in [0.2, 0.25) is 0 Å². The van der Waals surface area contributed by atoms with Gasteiger partial charge in [0.25, 0.3) is 0 Å². The zero-order chi connectivity index (χ0) is 13.0. The van der Waals surface area contributed by atoms with Crippen LogP contribution in [0.25, 0.3) is 5.76 Å². The molecule has 1 aromatic rings. The van der Waals surface area contributed by atoms with E-state index in [4.69, 9.17) is 9.47 Å². The summed E-state index contributed by atoms with van der Waals surface area (Å²) in [5, 5.41) is 0. The molecule has 0 bridgehead atoms. The van der Waals surface area contributed by atoms with Crippen molar-refractivity contribution in [3.63, 3.8) is 0 Å².